The molecule has 5 nitrogen and oxygen atoms in total. The van der Waals surface area contributed by atoms with Crippen LogP contribution in [0.5, 0.6) is 0 Å². The van der Waals surface area contributed by atoms with Gasteiger partial charge in [0.15, 0.2) is 0 Å². The van der Waals surface area contributed by atoms with Gasteiger partial charge in [0.1, 0.15) is 0 Å². The molecule has 1 aliphatic heterocycles. The van der Waals surface area contributed by atoms with Crippen LogP contribution in [0.3, 0.4) is 0 Å². The van der Waals surface area contributed by atoms with E-state index in [0.29, 0.717) is 11.3 Å². The molecular formula is C19H22F3N3O2. The van der Waals surface area contributed by atoms with Crippen molar-refractivity contribution in [3.05, 3.63) is 47.3 Å². The topological polar surface area (TPSA) is 67.2 Å². The summed E-state index contributed by atoms with van der Waals surface area (Å²) in [6.07, 6.45) is -2.45. The van der Waals surface area contributed by atoms with Gasteiger partial charge in [0, 0.05) is 24.7 Å². The summed E-state index contributed by atoms with van der Waals surface area (Å²) in [6, 6.07) is 10.8. The van der Waals surface area contributed by atoms with Crippen LogP contribution in [0.2, 0.25) is 0 Å². The van der Waals surface area contributed by atoms with Crippen LogP contribution in [0.1, 0.15) is 35.7 Å². The number of aromatic nitrogens is 2. The molecule has 4 rings (SSSR count). The summed E-state index contributed by atoms with van der Waals surface area (Å²) in [5.74, 6) is -2.08. The van der Waals surface area contributed by atoms with E-state index < -0.39 is 12.1 Å². The fourth-order valence-electron chi connectivity index (χ4n) is 3.77. The van der Waals surface area contributed by atoms with Crippen LogP contribution in [-0.4, -0.2) is 40.1 Å². The number of nitrogens with one attached hydrogen (secondary N) is 1. The molecule has 1 aliphatic carbocycles. The number of rotatable bonds is 2. The minimum atomic E-state index is -5.08. The molecule has 0 radical (unpaired) electrons. The van der Waals surface area contributed by atoms with E-state index in [1.165, 1.54) is 42.9 Å². The number of alkyl halides is 3. The molecule has 146 valence electrons. The van der Waals surface area contributed by atoms with Crippen molar-refractivity contribution in [2.24, 2.45) is 5.41 Å². The molecule has 1 saturated heterocycles. The van der Waals surface area contributed by atoms with E-state index in [1.807, 2.05) is 0 Å². The first kappa shape index (κ1) is 19.4. The van der Waals surface area contributed by atoms with Gasteiger partial charge in [-0.05, 0) is 49.8 Å². The zero-order valence-electron chi connectivity index (χ0n) is 15.2. The van der Waals surface area contributed by atoms with Gasteiger partial charge in [-0.3, -0.25) is 0 Å². The average molecular weight is 381 g/mol. The van der Waals surface area contributed by atoms with Crippen LogP contribution < -0.4 is 5.32 Å². The summed E-state index contributed by atoms with van der Waals surface area (Å²) in [7, 11) is 0. The zero-order chi connectivity index (χ0) is 19.8. The van der Waals surface area contributed by atoms with Gasteiger partial charge in [0.25, 0.3) is 0 Å². The molecule has 0 amide bonds. The highest BCUT2D eigenvalue weighted by Gasteiger charge is 2.49. The second kappa shape index (κ2) is 6.99. The third kappa shape index (κ3) is 4.00. The first-order valence-electron chi connectivity index (χ1n) is 8.75. The Hall–Kier alpha value is -2.35. The molecular weight excluding hydrogens is 359 g/mol. The van der Waals surface area contributed by atoms with Gasteiger partial charge in [-0.15, -0.1) is 0 Å². The number of aliphatic carboxylic acids is 1. The number of carbonyl (C=O) groups is 1. The fraction of sp³-hybridized carbons (Fsp3) is 0.474. The third-order valence-corrected chi connectivity index (χ3v) is 5.22. The molecule has 2 aliphatic rings. The third-order valence-electron chi connectivity index (χ3n) is 5.22. The van der Waals surface area contributed by atoms with Crippen molar-refractivity contribution in [3.63, 3.8) is 0 Å². The molecule has 0 atom stereocenters. The average Bonchev–Trinajstić information content (AvgIpc) is 2.86. The molecule has 8 heteroatoms. The number of carboxylic acids is 1. The predicted octanol–water partition coefficient (Wildman–Crippen LogP) is 3.59. The van der Waals surface area contributed by atoms with Crippen molar-refractivity contribution < 1.29 is 23.1 Å². The second-order valence-electron chi connectivity index (χ2n) is 7.42. The van der Waals surface area contributed by atoms with E-state index in [0.717, 1.165) is 5.69 Å². The van der Waals surface area contributed by atoms with Crippen molar-refractivity contribution in [1.82, 2.24) is 15.1 Å². The van der Waals surface area contributed by atoms with Crippen molar-refractivity contribution in [1.29, 1.82) is 0 Å². The molecule has 1 spiro atoms. The Morgan fingerprint density at radius 1 is 1.26 bits per heavy atom. The Morgan fingerprint density at radius 2 is 1.85 bits per heavy atom. The minimum absolute atomic E-state index is 0.611. The summed E-state index contributed by atoms with van der Waals surface area (Å²) < 4.78 is 33.9. The van der Waals surface area contributed by atoms with Crippen molar-refractivity contribution >= 4 is 5.97 Å². The molecule has 2 aromatic rings. The van der Waals surface area contributed by atoms with E-state index in [1.54, 1.807) is 0 Å². The number of carboxylic acid groups (broad SMARTS) is 1. The van der Waals surface area contributed by atoms with E-state index in [9.17, 15) is 13.2 Å². The van der Waals surface area contributed by atoms with Crippen LogP contribution in [-0.2, 0) is 4.79 Å². The van der Waals surface area contributed by atoms with Gasteiger partial charge in [-0.1, -0.05) is 18.2 Å². The van der Waals surface area contributed by atoms with Crippen molar-refractivity contribution in [2.45, 2.75) is 38.8 Å². The number of hydrogen-bond donors (Lipinski definition) is 2. The highest BCUT2D eigenvalue weighted by molar-refractivity contribution is 5.73. The quantitative estimate of drug-likeness (QED) is 0.834. The van der Waals surface area contributed by atoms with Crippen molar-refractivity contribution in [3.8, 4) is 5.69 Å². The van der Waals surface area contributed by atoms with Gasteiger partial charge in [-0.25, -0.2) is 9.48 Å². The van der Waals surface area contributed by atoms with Crippen LogP contribution >= 0.6 is 0 Å². The maximum Gasteiger partial charge on any atom is 0.490 e. The smallest absolute Gasteiger partial charge is 0.475 e. The molecule has 0 bridgehead atoms. The minimum Gasteiger partial charge on any atom is -0.475 e. The van der Waals surface area contributed by atoms with Crippen LogP contribution in [0.4, 0.5) is 13.2 Å². The summed E-state index contributed by atoms with van der Waals surface area (Å²) in [5.41, 5.74) is 5.64. The van der Waals surface area contributed by atoms with Gasteiger partial charge < -0.3 is 10.4 Å². The maximum absolute atomic E-state index is 10.6. The van der Waals surface area contributed by atoms with E-state index >= 15 is 0 Å². The SMILES string of the molecule is Cc1cc(C2CC3(CNC3)C2)n(-c2ccccc2C)n1.O=C(O)C(F)(F)F. The van der Waals surface area contributed by atoms with Gasteiger partial charge in [-0.2, -0.15) is 18.3 Å². The first-order valence-corrected chi connectivity index (χ1v) is 8.75. The number of halogens is 3. The van der Waals surface area contributed by atoms with E-state index in [4.69, 9.17) is 15.0 Å². The number of para-hydroxylation sites is 1. The van der Waals surface area contributed by atoms with E-state index in [-0.39, 0.29) is 0 Å². The number of hydrogen-bond acceptors (Lipinski definition) is 3. The maximum atomic E-state index is 10.6. The molecule has 27 heavy (non-hydrogen) atoms. The fourth-order valence-corrected chi connectivity index (χ4v) is 3.77. The summed E-state index contributed by atoms with van der Waals surface area (Å²) >= 11 is 0. The Bertz CT molecular complexity index is 833. The standard InChI is InChI=1S/C17H21N3.C2HF3O2/c1-12-5-3-4-6-15(12)20-16(7-13(2)19-20)14-8-17(9-14)10-18-11-17;3-2(4,5)1(6)7/h3-7,14,18H,8-11H2,1-2H3;(H,6,7). The van der Waals surface area contributed by atoms with Gasteiger partial charge in [0.2, 0.25) is 0 Å². The highest BCUT2D eigenvalue weighted by atomic mass is 19.4. The molecule has 0 unspecified atom stereocenters. The van der Waals surface area contributed by atoms with Crippen LogP contribution in [0.15, 0.2) is 30.3 Å². The number of aryl methyl sites for hydroxylation is 2. The lowest BCUT2D eigenvalue weighted by Crippen LogP contribution is -2.59. The molecule has 2 heterocycles. The molecule has 2 fully saturated rings. The Kier molecular flexibility index (Phi) is 5.03. The highest BCUT2D eigenvalue weighted by Crippen LogP contribution is 2.53. The molecule has 2 N–H and O–H groups in total. The summed E-state index contributed by atoms with van der Waals surface area (Å²) in [5, 5.41) is 15.3. The number of benzene rings is 1. The monoisotopic (exact) mass is 381 g/mol. The van der Waals surface area contributed by atoms with Crippen LogP contribution in [0, 0.1) is 19.3 Å². The molecule has 1 aromatic heterocycles. The number of nitrogens with zero attached hydrogens (tertiary/aromatic N) is 2. The predicted molar refractivity (Wildman–Crippen MR) is 94.0 cm³/mol. The molecule has 1 saturated carbocycles. The normalized spacial score (nSPS) is 18.3. The largest absolute Gasteiger partial charge is 0.490 e. The van der Waals surface area contributed by atoms with Crippen LogP contribution in [0.25, 0.3) is 5.69 Å². The Labute approximate surface area is 155 Å². The second-order valence-corrected chi connectivity index (χ2v) is 7.42. The van der Waals surface area contributed by atoms with E-state index in [2.05, 4.69) is 54.2 Å². The lowest BCUT2D eigenvalue weighted by molar-refractivity contribution is -0.192. The lowest BCUT2D eigenvalue weighted by Gasteiger charge is -2.54. The van der Waals surface area contributed by atoms with Gasteiger partial charge in [0.05, 0.1) is 11.4 Å². The van der Waals surface area contributed by atoms with Gasteiger partial charge >= 0.3 is 12.1 Å². The zero-order valence-corrected chi connectivity index (χ0v) is 15.2. The Balaban J connectivity index is 0.000000260. The molecule has 1 aromatic carbocycles. The summed E-state index contributed by atoms with van der Waals surface area (Å²) in [4.78, 5) is 8.90. The Morgan fingerprint density at radius 3 is 2.33 bits per heavy atom. The summed E-state index contributed by atoms with van der Waals surface area (Å²) in [6.45, 7) is 6.67. The first-order chi connectivity index (χ1) is 12.6. The lowest BCUT2D eigenvalue weighted by atomic mass is 9.58. The van der Waals surface area contributed by atoms with Crippen molar-refractivity contribution in [2.75, 3.05) is 13.1 Å².